The molecule has 4 aliphatic carbocycles. The van der Waals surface area contributed by atoms with Crippen LogP contribution in [-0.2, 0) is 4.79 Å². The Morgan fingerprint density at radius 3 is 2.59 bits per heavy atom. The van der Waals surface area contributed by atoms with Crippen molar-refractivity contribution >= 4 is 5.78 Å². The van der Waals surface area contributed by atoms with Gasteiger partial charge >= 0.3 is 0 Å². The molecule has 0 aromatic heterocycles. The van der Waals surface area contributed by atoms with Crippen LogP contribution in [0.2, 0.25) is 0 Å². The first-order valence-corrected chi connectivity index (χ1v) is 8.94. The lowest BCUT2D eigenvalue weighted by atomic mass is 9.48. The van der Waals surface area contributed by atoms with Gasteiger partial charge in [-0.15, -0.1) is 0 Å². The summed E-state index contributed by atoms with van der Waals surface area (Å²) in [5.74, 6) is 1.96. The highest BCUT2D eigenvalue weighted by Crippen LogP contribution is 2.64. The standard InChI is InChI=1S/C19H27FO2/c1-18-10-8-15(21)17(20)14(18)4-3-11-12-5-6-16(22)19(12,2)9-7-13(11)18/h4,11-13,15,17,21H,3,5-10H2,1-2H3/t11-,12-,13-,15-,17?,18+,19-/m0/s1. The van der Waals surface area contributed by atoms with Crippen molar-refractivity contribution in [2.45, 2.75) is 71.1 Å². The first kappa shape index (κ1) is 14.9. The van der Waals surface area contributed by atoms with Gasteiger partial charge in [-0.25, -0.2) is 4.39 Å². The van der Waals surface area contributed by atoms with Gasteiger partial charge in [0.1, 0.15) is 12.0 Å². The SMILES string of the molecule is C[C@]12CC[C@H](O)C(F)C1=CC[C@@H]1[C@@H]2CC[C@]2(C)C(=O)CC[C@@H]12. The number of carbonyl (C=O) groups is 1. The number of aliphatic hydroxyl groups excluding tert-OH is 1. The van der Waals surface area contributed by atoms with Crippen molar-refractivity contribution < 1.29 is 14.3 Å². The van der Waals surface area contributed by atoms with Gasteiger partial charge in [-0.05, 0) is 67.3 Å². The van der Waals surface area contributed by atoms with E-state index in [0.717, 1.165) is 44.1 Å². The van der Waals surface area contributed by atoms with Gasteiger partial charge in [0.15, 0.2) is 0 Å². The first-order valence-electron chi connectivity index (χ1n) is 8.94. The molecule has 7 atom stereocenters. The molecule has 22 heavy (non-hydrogen) atoms. The third-order valence-corrected chi connectivity index (χ3v) is 7.83. The van der Waals surface area contributed by atoms with Crippen LogP contribution in [0.25, 0.3) is 0 Å². The third kappa shape index (κ3) is 1.72. The molecular formula is C19H27FO2. The van der Waals surface area contributed by atoms with Crippen molar-refractivity contribution in [3.8, 4) is 0 Å². The third-order valence-electron chi connectivity index (χ3n) is 7.83. The fraction of sp³-hybridized carbons (Fsp3) is 0.842. The molecule has 2 nitrogen and oxygen atoms in total. The Hall–Kier alpha value is -0.700. The summed E-state index contributed by atoms with van der Waals surface area (Å²) in [6, 6.07) is 0. The van der Waals surface area contributed by atoms with Crippen LogP contribution in [-0.4, -0.2) is 23.2 Å². The lowest BCUT2D eigenvalue weighted by Gasteiger charge is -2.57. The minimum absolute atomic E-state index is 0.103. The molecular weight excluding hydrogens is 279 g/mol. The molecule has 4 rings (SSSR count). The Morgan fingerprint density at radius 1 is 1.14 bits per heavy atom. The number of Topliss-reactive ketones (excluding diaryl/α,β-unsaturated/α-hetero) is 1. The van der Waals surface area contributed by atoms with Gasteiger partial charge in [-0.3, -0.25) is 4.79 Å². The number of carbonyl (C=O) groups excluding carboxylic acids is 1. The van der Waals surface area contributed by atoms with Crippen LogP contribution in [0.4, 0.5) is 4.39 Å². The van der Waals surface area contributed by atoms with Crippen molar-refractivity contribution in [3.63, 3.8) is 0 Å². The average Bonchev–Trinajstić information content (AvgIpc) is 2.79. The van der Waals surface area contributed by atoms with E-state index in [1.165, 1.54) is 0 Å². The topological polar surface area (TPSA) is 37.3 Å². The van der Waals surface area contributed by atoms with Crippen LogP contribution >= 0.6 is 0 Å². The maximum Gasteiger partial charge on any atom is 0.147 e. The minimum Gasteiger partial charge on any atom is -0.390 e. The summed E-state index contributed by atoms with van der Waals surface area (Å²) in [5.41, 5.74) is 0.640. The van der Waals surface area contributed by atoms with Crippen molar-refractivity contribution in [3.05, 3.63) is 11.6 Å². The number of halogens is 1. The smallest absolute Gasteiger partial charge is 0.147 e. The zero-order chi connectivity index (χ0) is 15.7. The maximum absolute atomic E-state index is 14.5. The van der Waals surface area contributed by atoms with Crippen LogP contribution < -0.4 is 0 Å². The highest BCUT2D eigenvalue weighted by atomic mass is 19.1. The predicted molar refractivity (Wildman–Crippen MR) is 83.0 cm³/mol. The summed E-state index contributed by atoms with van der Waals surface area (Å²) >= 11 is 0. The Balaban J connectivity index is 1.71. The van der Waals surface area contributed by atoms with Gasteiger partial charge in [-0.1, -0.05) is 19.9 Å². The number of fused-ring (bicyclic) bond motifs is 5. The summed E-state index contributed by atoms with van der Waals surface area (Å²) in [7, 11) is 0. The summed E-state index contributed by atoms with van der Waals surface area (Å²) in [4.78, 5) is 12.4. The van der Waals surface area contributed by atoms with Gasteiger partial charge in [0.25, 0.3) is 0 Å². The maximum atomic E-state index is 14.5. The second kappa shape index (κ2) is 4.66. The van der Waals surface area contributed by atoms with Crippen LogP contribution in [0, 0.1) is 28.6 Å². The molecule has 0 heterocycles. The van der Waals surface area contributed by atoms with Gasteiger partial charge in [0.05, 0.1) is 6.10 Å². The number of aliphatic hydroxyl groups is 1. The lowest BCUT2D eigenvalue weighted by molar-refractivity contribution is -0.132. The van der Waals surface area contributed by atoms with Crippen molar-refractivity contribution in [2.75, 3.05) is 0 Å². The largest absolute Gasteiger partial charge is 0.390 e. The molecule has 0 spiro atoms. The normalized spacial score (nSPS) is 54.3. The molecule has 0 aromatic carbocycles. The summed E-state index contributed by atoms with van der Waals surface area (Å²) in [6.07, 6.45) is 6.22. The minimum atomic E-state index is -1.18. The summed E-state index contributed by atoms with van der Waals surface area (Å²) < 4.78 is 14.5. The molecule has 4 aliphatic rings. The van der Waals surface area contributed by atoms with Crippen LogP contribution in [0.3, 0.4) is 0 Å². The average molecular weight is 306 g/mol. The molecule has 3 saturated carbocycles. The zero-order valence-electron chi connectivity index (χ0n) is 13.6. The van der Waals surface area contributed by atoms with E-state index in [1.54, 1.807) is 0 Å². The zero-order valence-corrected chi connectivity index (χ0v) is 13.6. The van der Waals surface area contributed by atoms with Gasteiger partial charge < -0.3 is 5.11 Å². The Kier molecular flexibility index (Phi) is 3.15. The van der Waals surface area contributed by atoms with Crippen LogP contribution in [0.15, 0.2) is 11.6 Å². The van der Waals surface area contributed by atoms with E-state index < -0.39 is 12.3 Å². The fourth-order valence-corrected chi connectivity index (χ4v) is 6.45. The molecule has 122 valence electrons. The summed E-state index contributed by atoms with van der Waals surface area (Å²) in [5, 5.41) is 9.89. The van der Waals surface area contributed by atoms with Crippen LogP contribution in [0.5, 0.6) is 0 Å². The molecule has 0 aliphatic heterocycles. The van der Waals surface area contributed by atoms with Gasteiger partial charge in [0, 0.05) is 11.8 Å². The second-order valence-electron chi connectivity index (χ2n) is 8.62. The number of hydrogen-bond donors (Lipinski definition) is 1. The highest BCUT2D eigenvalue weighted by molar-refractivity contribution is 5.87. The van der Waals surface area contributed by atoms with E-state index in [0.29, 0.717) is 30.0 Å². The molecule has 0 amide bonds. The molecule has 3 fully saturated rings. The van der Waals surface area contributed by atoms with E-state index in [1.807, 2.05) is 0 Å². The second-order valence-corrected chi connectivity index (χ2v) is 8.62. The number of alkyl halides is 1. The molecule has 3 heteroatoms. The monoisotopic (exact) mass is 306 g/mol. The summed E-state index contributed by atoms with van der Waals surface area (Å²) in [6.45, 7) is 4.39. The highest BCUT2D eigenvalue weighted by Gasteiger charge is 2.59. The molecule has 1 unspecified atom stereocenters. The van der Waals surface area contributed by atoms with E-state index in [2.05, 4.69) is 19.9 Å². The van der Waals surface area contributed by atoms with Crippen molar-refractivity contribution in [1.82, 2.24) is 0 Å². The predicted octanol–water partition coefficient (Wildman–Crippen LogP) is 3.83. The molecule has 0 radical (unpaired) electrons. The first-order chi connectivity index (χ1) is 10.4. The Bertz CT molecular complexity index is 542. The molecule has 1 N–H and O–H groups in total. The Labute approximate surface area is 132 Å². The van der Waals surface area contributed by atoms with Gasteiger partial charge in [0.2, 0.25) is 0 Å². The lowest BCUT2D eigenvalue weighted by Crippen LogP contribution is -2.52. The Morgan fingerprint density at radius 2 is 1.82 bits per heavy atom. The number of hydrogen-bond acceptors (Lipinski definition) is 2. The molecule has 0 saturated heterocycles. The quantitative estimate of drug-likeness (QED) is 0.691. The molecule has 0 bridgehead atoms. The number of ketones is 1. The number of allylic oxidation sites excluding steroid dienone is 1. The van der Waals surface area contributed by atoms with Crippen LogP contribution in [0.1, 0.15) is 58.8 Å². The molecule has 0 aromatic rings. The van der Waals surface area contributed by atoms with E-state index in [4.69, 9.17) is 0 Å². The fourth-order valence-electron chi connectivity index (χ4n) is 6.45. The van der Waals surface area contributed by atoms with Crippen molar-refractivity contribution in [2.24, 2.45) is 28.6 Å². The van der Waals surface area contributed by atoms with E-state index >= 15 is 0 Å². The number of rotatable bonds is 0. The van der Waals surface area contributed by atoms with E-state index in [9.17, 15) is 14.3 Å². The van der Waals surface area contributed by atoms with Crippen molar-refractivity contribution in [1.29, 1.82) is 0 Å². The van der Waals surface area contributed by atoms with Gasteiger partial charge in [-0.2, -0.15) is 0 Å². The van der Waals surface area contributed by atoms with E-state index in [-0.39, 0.29) is 10.8 Å².